The molecule has 2 aromatic heterocycles. The van der Waals surface area contributed by atoms with Crippen LogP contribution in [0.1, 0.15) is 5.56 Å². The van der Waals surface area contributed by atoms with Crippen molar-refractivity contribution >= 4 is 17.1 Å². The first-order valence-corrected chi connectivity index (χ1v) is 6.15. The van der Waals surface area contributed by atoms with E-state index >= 15 is 0 Å². The molecule has 0 saturated carbocycles. The second-order valence-corrected chi connectivity index (χ2v) is 4.67. The molecule has 0 aliphatic heterocycles. The van der Waals surface area contributed by atoms with Gasteiger partial charge in [-0.2, -0.15) is 13.2 Å². The van der Waals surface area contributed by atoms with E-state index in [0.29, 0.717) is 11.6 Å². The molecule has 0 fully saturated rings. The topological polar surface area (TPSA) is 50.4 Å². The maximum atomic E-state index is 12.6. The van der Waals surface area contributed by atoms with E-state index in [2.05, 4.69) is 10.2 Å². The summed E-state index contributed by atoms with van der Waals surface area (Å²) >= 11 is 5.88. The molecule has 8 heteroatoms. The molecule has 0 atom stereocenters. The van der Waals surface area contributed by atoms with Gasteiger partial charge in [0.1, 0.15) is 5.75 Å². The van der Waals surface area contributed by atoms with Crippen LogP contribution in [0.5, 0.6) is 5.75 Å². The van der Waals surface area contributed by atoms with Gasteiger partial charge in [-0.3, -0.25) is 4.40 Å². The largest absolute Gasteiger partial charge is 0.507 e. The fraction of sp³-hybridized carbons (Fsp3) is 0.0769. The van der Waals surface area contributed by atoms with Crippen LogP contribution in [-0.2, 0) is 6.18 Å². The van der Waals surface area contributed by atoms with Crippen molar-refractivity contribution in [3.8, 4) is 17.1 Å². The molecule has 3 rings (SSSR count). The molecule has 0 amide bonds. The van der Waals surface area contributed by atoms with E-state index in [1.165, 1.54) is 4.40 Å². The Hall–Kier alpha value is -2.28. The number of halogens is 4. The third-order valence-corrected chi connectivity index (χ3v) is 3.26. The number of nitrogens with zero attached hydrogens (tertiary/aromatic N) is 3. The lowest BCUT2D eigenvalue weighted by Gasteiger charge is -2.11. The number of rotatable bonds is 1. The highest BCUT2D eigenvalue weighted by Crippen LogP contribution is 2.36. The molecule has 0 aliphatic carbocycles. The predicted octanol–water partition coefficient (Wildman–Crippen LogP) is 3.77. The Bertz CT molecular complexity index is 829. The number of fused-ring (bicyclic) bond motifs is 1. The standard InChI is InChI=1S/C13H7ClF3N3O/c14-11-9-2-1-5-20(9)12(19-18-11)8-4-3-7(6-10(8)21)13(15,16)17/h1-6,21H. The fourth-order valence-corrected chi connectivity index (χ4v) is 2.20. The number of aromatic nitrogens is 3. The molecule has 21 heavy (non-hydrogen) atoms. The van der Waals surface area contributed by atoms with E-state index < -0.39 is 17.5 Å². The predicted molar refractivity (Wildman–Crippen MR) is 70.1 cm³/mol. The van der Waals surface area contributed by atoms with E-state index in [0.717, 1.165) is 12.1 Å². The average Bonchev–Trinajstić information content (AvgIpc) is 2.89. The molecule has 3 aromatic rings. The molecular weight excluding hydrogens is 307 g/mol. The Labute approximate surface area is 121 Å². The number of phenolic OH excluding ortho intramolecular Hbond substituents is 1. The summed E-state index contributed by atoms with van der Waals surface area (Å²) in [6, 6.07) is 6.05. The summed E-state index contributed by atoms with van der Waals surface area (Å²) in [7, 11) is 0. The highest BCUT2D eigenvalue weighted by Gasteiger charge is 2.31. The first-order valence-electron chi connectivity index (χ1n) is 5.78. The molecule has 0 aliphatic rings. The molecular formula is C13H7ClF3N3O. The second-order valence-electron chi connectivity index (χ2n) is 4.31. The Morgan fingerprint density at radius 2 is 1.90 bits per heavy atom. The van der Waals surface area contributed by atoms with Gasteiger partial charge < -0.3 is 5.11 Å². The van der Waals surface area contributed by atoms with Crippen LogP contribution in [0, 0.1) is 0 Å². The minimum atomic E-state index is -4.52. The zero-order valence-corrected chi connectivity index (χ0v) is 11.0. The lowest BCUT2D eigenvalue weighted by molar-refractivity contribution is -0.137. The van der Waals surface area contributed by atoms with Gasteiger partial charge >= 0.3 is 6.18 Å². The van der Waals surface area contributed by atoms with Crippen molar-refractivity contribution in [1.29, 1.82) is 0 Å². The van der Waals surface area contributed by atoms with Gasteiger partial charge in [-0.05, 0) is 30.3 Å². The molecule has 1 N–H and O–H groups in total. The summed E-state index contributed by atoms with van der Waals surface area (Å²) < 4.78 is 39.3. The van der Waals surface area contributed by atoms with Gasteiger partial charge in [0.2, 0.25) is 0 Å². The first kappa shape index (κ1) is 13.7. The van der Waals surface area contributed by atoms with Crippen LogP contribution in [0.25, 0.3) is 16.9 Å². The number of hydrogen-bond donors (Lipinski definition) is 1. The van der Waals surface area contributed by atoms with Crippen molar-refractivity contribution < 1.29 is 18.3 Å². The van der Waals surface area contributed by atoms with E-state index in [-0.39, 0.29) is 16.5 Å². The highest BCUT2D eigenvalue weighted by atomic mass is 35.5. The van der Waals surface area contributed by atoms with Crippen LogP contribution in [-0.4, -0.2) is 19.7 Å². The average molecular weight is 314 g/mol. The van der Waals surface area contributed by atoms with Gasteiger partial charge in [0.25, 0.3) is 0 Å². The summed E-state index contributed by atoms with van der Waals surface area (Å²) in [5.74, 6) is -0.331. The van der Waals surface area contributed by atoms with Crippen molar-refractivity contribution in [3.05, 3.63) is 47.2 Å². The lowest BCUT2D eigenvalue weighted by atomic mass is 10.1. The number of hydrogen-bond acceptors (Lipinski definition) is 3. The van der Waals surface area contributed by atoms with Crippen molar-refractivity contribution in [1.82, 2.24) is 14.6 Å². The van der Waals surface area contributed by atoms with Crippen LogP contribution in [0.2, 0.25) is 5.15 Å². The van der Waals surface area contributed by atoms with Crippen molar-refractivity contribution in [2.75, 3.05) is 0 Å². The van der Waals surface area contributed by atoms with E-state index in [4.69, 9.17) is 11.6 Å². The highest BCUT2D eigenvalue weighted by molar-refractivity contribution is 6.32. The molecule has 0 bridgehead atoms. The zero-order chi connectivity index (χ0) is 15.2. The van der Waals surface area contributed by atoms with E-state index in [9.17, 15) is 18.3 Å². The van der Waals surface area contributed by atoms with Crippen LogP contribution in [0.4, 0.5) is 13.2 Å². The molecule has 0 unspecified atom stereocenters. The minimum absolute atomic E-state index is 0.133. The van der Waals surface area contributed by atoms with Gasteiger partial charge in [-0.15, -0.1) is 10.2 Å². The summed E-state index contributed by atoms with van der Waals surface area (Å²) in [5, 5.41) is 17.6. The number of alkyl halides is 3. The maximum absolute atomic E-state index is 12.6. The number of phenols is 1. The SMILES string of the molecule is Oc1cc(C(F)(F)F)ccc1-c1nnc(Cl)c2cccn12. The Kier molecular flexibility index (Phi) is 3.02. The van der Waals surface area contributed by atoms with E-state index in [1.54, 1.807) is 18.3 Å². The van der Waals surface area contributed by atoms with Gasteiger partial charge in [0.05, 0.1) is 16.6 Å². The summed E-state index contributed by atoms with van der Waals surface area (Å²) in [6.45, 7) is 0. The fourth-order valence-electron chi connectivity index (χ4n) is 2.01. The van der Waals surface area contributed by atoms with Crippen LogP contribution in [0.3, 0.4) is 0 Å². The third-order valence-electron chi connectivity index (χ3n) is 2.99. The lowest BCUT2D eigenvalue weighted by Crippen LogP contribution is -2.05. The van der Waals surface area contributed by atoms with Crippen LogP contribution < -0.4 is 0 Å². The monoisotopic (exact) mass is 313 g/mol. The quantitative estimate of drug-likeness (QED) is 0.744. The Balaban J connectivity index is 2.20. The normalized spacial score (nSPS) is 12.0. The molecule has 0 spiro atoms. The molecule has 4 nitrogen and oxygen atoms in total. The Morgan fingerprint density at radius 1 is 1.14 bits per heavy atom. The smallest absolute Gasteiger partial charge is 0.416 e. The summed E-state index contributed by atoms with van der Waals surface area (Å²) in [5.41, 5.74) is -0.260. The molecule has 2 heterocycles. The van der Waals surface area contributed by atoms with Crippen LogP contribution >= 0.6 is 11.6 Å². The van der Waals surface area contributed by atoms with Crippen molar-refractivity contribution in [2.45, 2.75) is 6.18 Å². The summed E-state index contributed by atoms with van der Waals surface area (Å²) in [6.07, 6.45) is -2.90. The van der Waals surface area contributed by atoms with E-state index in [1.807, 2.05) is 0 Å². The Morgan fingerprint density at radius 3 is 2.57 bits per heavy atom. The second kappa shape index (κ2) is 4.63. The van der Waals surface area contributed by atoms with Gasteiger partial charge in [0, 0.05) is 6.20 Å². The van der Waals surface area contributed by atoms with Crippen molar-refractivity contribution in [3.63, 3.8) is 0 Å². The number of benzene rings is 1. The van der Waals surface area contributed by atoms with Crippen LogP contribution in [0.15, 0.2) is 36.5 Å². The van der Waals surface area contributed by atoms with Gasteiger partial charge in [-0.25, -0.2) is 0 Å². The molecule has 1 aromatic carbocycles. The number of aromatic hydroxyl groups is 1. The minimum Gasteiger partial charge on any atom is -0.507 e. The third kappa shape index (κ3) is 2.29. The van der Waals surface area contributed by atoms with Gasteiger partial charge in [0.15, 0.2) is 11.0 Å². The van der Waals surface area contributed by atoms with Crippen molar-refractivity contribution in [2.24, 2.45) is 0 Å². The van der Waals surface area contributed by atoms with Gasteiger partial charge in [-0.1, -0.05) is 11.6 Å². The molecule has 0 radical (unpaired) electrons. The zero-order valence-electron chi connectivity index (χ0n) is 10.3. The molecule has 108 valence electrons. The first-order chi connectivity index (χ1) is 9.88. The maximum Gasteiger partial charge on any atom is 0.416 e. The molecule has 0 saturated heterocycles. The summed E-state index contributed by atoms with van der Waals surface area (Å²) in [4.78, 5) is 0.